The van der Waals surface area contributed by atoms with Crippen LogP contribution in [0.2, 0.25) is 5.02 Å². The predicted molar refractivity (Wildman–Crippen MR) is 83.2 cm³/mol. The van der Waals surface area contributed by atoms with Gasteiger partial charge in [0.2, 0.25) is 5.91 Å². The number of halogens is 1. The van der Waals surface area contributed by atoms with Crippen LogP contribution in [0.1, 0.15) is 27.0 Å². The van der Waals surface area contributed by atoms with Crippen LogP contribution >= 0.6 is 11.6 Å². The zero-order chi connectivity index (χ0) is 14.7. The number of anilines is 1. The molecular formula is C16H17ClN2O. The van der Waals surface area contributed by atoms with Gasteiger partial charge in [-0.3, -0.25) is 4.79 Å². The van der Waals surface area contributed by atoms with Crippen LogP contribution in [-0.2, 0) is 6.54 Å². The van der Waals surface area contributed by atoms with Crippen molar-refractivity contribution in [3.63, 3.8) is 0 Å². The van der Waals surface area contributed by atoms with E-state index in [4.69, 9.17) is 17.3 Å². The summed E-state index contributed by atoms with van der Waals surface area (Å²) in [7, 11) is 0. The molecule has 2 aromatic carbocycles. The first kappa shape index (κ1) is 14.4. The molecule has 0 saturated carbocycles. The summed E-state index contributed by atoms with van der Waals surface area (Å²) >= 11 is 5.94. The van der Waals surface area contributed by atoms with E-state index in [1.54, 1.807) is 12.1 Å². The van der Waals surface area contributed by atoms with E-state index in [0.29, 0.717) is 12.1 Å². The first-order valence-electron chi connectivity index (χ1n) is 6.36. The molecule has 0 aliphatic heterocycles. The Bertz CT molecular complexity index is 653. The maximum absolute atomic E-state index is 11.1. The van der Waals surface area contributed by atoms with Crippen molar-refractivity contribution in [2.24, 2.45) is 5.73 Å². The molecule has 1 amide bonds. The summed E-state index contributed by atoms with van der Waals surface area (Å²) < 4.78 is 0. The highest BCUT2D eigenvalue weighted by molar-refractivity contribution is 6.30. The third kappa shape index (κ3) is 3.31. The maximum Gasteiger partial charge on any atom is 0.248 e. The molecule has 0 unspecified atom stereocenters. The van der Waals surface area contributed by atoms with Crippen molar-refractivity contribution in [2.45, 2.75) is 20.4 Å². The summed E-state index contributed by atoms with van der Waals surface area (Å²) in [5, 5.41) is 4.10. The van der Waals surface area contributed by atoms with Gasteiger partial charge in [0.15, 0.2) is 0 Å². The van der Waals surface area contributed by atoms with E-state index in [0.717, 1.165) is 21.8 Å². The first-order chi connectivity index (χ1) is 9.47. The van der Waals surface area contributed by atoms with Crippen LogP contribution in [0.15, 0.2) is 36.4 Å². The minimum atomic E-state index is -0.409. The zero-order valence-corrected chi connectivity index (χ0v) is 12.3. The molecule has 0 atom stereocenters. The molecule has 2 aromatic rings. The van der Waals surface area contributed by atoms with Crippen LogP contribution in [0.4, 0.5) is 5.69 Å². The quantitative estimate of drug-likeness (QED) is 0.902. The molecule has 0 bridgehead atoms. The lowest BCUT2D eigenvalue weighted by Crippen LogP contribution is -2.11. The van der Waals surface area contributed by atoms with Crippen molar-refractivity contribution >= 4 is 23.2 Å². The van der Waals surface area contributed by atoms with E-state index in [-0.39, 0.29) is 0 Å². The maximum atomic E-state index is 11.1. The number of hydrogen-bond acceptors (Lipinski definition) is 2. The van der Waals surface area contributed by atoms with Crippen LogP contribution in [-0.4, -0.2) is 5.91 Å². The van der Waals surface area contributed by atoms with E-state index in [1.807, 2.05) is 38.1 Å². The molecule has 0 heterocycles. The highest BCUT2D eigenvalue weighted by Crippen LogP contribution is 2.20. The average Bonchev–Trinajstić information content (AvgIpc) is 2.38. The van der Waals surface area contributed by atoms with Crippen molar-refractivity contribution in [3.05, 3.63) is 63.7 Å². The van der Waals surface area contributed by atoms with Crippen molar-refractivity contribution in [3.8, 4) is 0 Å². The van der Waals surface area contributed by atoms with Gasteiger partial charge in [0, 0.05) is 22.8 Å². The number of carbonyl (C=O) groups is 1. The molecular weight excluding hydrogens is 272 g/mol. The molecule has 0 aliphatic carbocycles. The van der Waals surface area contributed by atoms with E-state index >= 15 is 0 Å². The standard InChI is InChI=1S/C16H17ClN2O/c1-10-8-14(17)5-3-13(10)9-19-15-6-4-12(16(18)20)7-11(15)2/h3-8,19H,9H2,1-2H3,(H2,18,20). The molecule has 2 rings (SSSR count). The second kappa shape index (κ2) is 5.97. The Labute approximate surface area is 123 Å². The summed E-state index contributed by atoms with van der Waals surface area (Å²) in [6, 6.07) is 11.2. The molecule has 0 aliphatic rings. The molecule has 3 nitrogen and oxygen atoms in total. The fraction of sp³-hybridized carbons (Fsp3) is 0.188. The number of nitrogens with two attached hydrogens (primary N) is 1. The molecule has 0 aromatic heterocycles. The van der Waals surface area contributed by atoms with Crippen molar-refractivity contribution in [1.82, 2.24) is 0 Å². The molecule has 3 N–H and O–H groups in total. The van der Waals surface area contributed by atoms with Gasteiger partial charge in [-0.25, -0.2) is 0 Å². The smallest absolute Gasteiger partial charge is 0.248 e. The minimum absolute atomic E-state index is 0.409. The van der Waals surface area contributed by atoms with Gasteiger partial charge in [0.1, 0.15) is 0 Å². The number of rotatable bonds is 4. The van der Waals surface area contributed by atoms with E-state index in [9.17, 15) is 4.79 Å². The van der Waals surface area contributed by atoms with Crippen LogP contribution in [0.3, 0.4) is 0 Å². The van der Waals surface area contributed by atoms with E-state index in [2.05, 4.69) is 5.32 Å². The normalized spacial score (nSPS) is 10.3. The Hall–Kier alpha value is -2.00. The lowest BCUT2D eigenvalue weighted by molar-refractivity contribution is 0.1000. The highest BCUT2D eigenvalue weighted by atomic mass is 35.5. The van der Waals surface area contributed by atoms with E-state index in [1.165, 1.54) is 5.56 Å². The van der Waals surface area contributed by atoms with Gasteiger partial charge in [-0.2, -0.15) is 0 Å². The summed E-state index contributed by atoms with van der Waals surface area (Å²) in [6.07, 6.45) is 0. The van der Waals surface area contributed by atoms with E-state index < -0.39 is 5.91 Å². The van der Waals surface area contributed by atoms with Gasteiger partial charge in [0.05, 0.1) is 0 Å². The first-order valence-corrected chi connectivity index (χ1v) is 6.74. The number of carbonyl (C=O) groups excluding carboxylic acids is 1. The van der Waals surface area contributed by atoms with Crippen molar-refractivity contribution < 1.29 is 4.79 Å². The lowest BCUT2D eigenvalue weighted by Gasteiger charge is -2.12. The average molecular weight is 289 g/mol. The van der Waals surface area contributed by atoms with Gasteiger partial charge in [0.25, 0.3) is 0 Å². The number of primary amides is 1. The van der Waals surface area contributed by atoms with Gasteiger partial charge < -0.3 is 11.1 Å². The second-order valence-electron chi connectivity index (χ2n) is 4.82. The third-order valence-corrected chi connectivity index (χ3v) is 3.52. The number of hydrogen-bond donors (Lipinski definition) is 2. The Morgan fingerprint density at radius 3 is 2.50 bits per heavy atom. The summed E-state index contributed by atoms with van der Waals surface area (Å²) in [6.45, 7) is 4.69. The second-order valence-corrected chi connectivity index (χ2v) is 5.25. The summed E-state index contributed by atoms with van der Waals surface area (Å²) in [4.78, 5) is 11.1. The topological polar surface area (TPSA) is 55.1 Å². The largest absolute Gasteiger partial charge is 0.381 e. The molecule has 104 valence electrons. The number of amides is 1. The fourth-order valence-electron chi connectivity index (χ4n) is 2.06. The monoisotopic (exact) mass is 288 g/mol. The Balaban J connectivity index is 2.13. The molecule has 4 heteroatoms. The van der Waals surface area contributed by atoms with Crippen LogP contribution in [0.5, 0.6) is 0 Å². The number of benzene rings is 2. The Morgan fingerprint density at radius 1 is 1.15 bits per heavy atom. The molecule has 0 saturated heterocycles. The van der Waals surface area contributed by atoms with Crippen LogP contribution < -0.4 is 11.1 Å². The Kier molecular flexibility index (Phi) is 4.30. The molecule has 0 radical (unpaired) electrons. The van der Waals surface area contributed by atoms with Crippen LogP contribution in [0.25, 0.3) is 0 Å². The van der Waals surface area contributed by atoms with Crippen molar-refractivity contribution in [1.29, 1.82) is 0 Å². The van der Waals surface area contributed by atoms with Gasteiger partial charge in [-0.1, -0.05) is 17.7 Å². The third-order valence-electron chi connectivity index (χ3n) is 3.28. The van der Waals surface area contributed by atoms with Gasteiger partial charge in [-0.15, -0.1) is 0 Å². The molecule has 20 heavy (non-hydrogen) atoms. The Morgan fingerprint density at radius 2 is 1.90 bits per heavy atom. The van der Waals surface area contributed by atoms with Gasteiger partial charge >= 0.3 is 0 Å². The molecule has 0 fully saturated rings. The van der Waals surface area contributed by atoms with Crippen molar-refractivity contribution in [2.75, 3.05) is 5.32 Å². The fourth-order valence-corrected chi connectivity index (χ4v) is 2.29. The molecule has 0 spiro atoms. The van der Waals surface area contributed by atoms with Gasteiger partial charge in [-0.05, 0) is 60.9 Å². The SMILES string of the molecule is Cc1cc(Cl)ccc1CNc1ccc(C(N)=O)cc1C. The summed E-state index contributed by atoms with van der Waals surface area (Å²) in [5.41, 5.74) is 10.1. The number of nitrogens with one attached hydrogen (secondary N) is 1. The zero-order valence-electron chi connectivity index (χ0n) is 11.5. The minimum Gasteiger partial charge on any atom is -0.381 e. The highest BCUT2D eigenvalue weighted by Gasteiger charge is 2.05. The number of aryl methyl sites for hydroxylation is 2. The summed E-state index contributed by atoms with van der Waals surface area (Å²) in [5.74, 6) is -0.409. The van der Waals surface area contributed by atoms with Crippen LogP contribution in [0, 0.1) is 13.8 Å². The predicted octanol–water partition coefficient (Wildman–Crippen LogP) is 3.67. The lowest BCUT2D eigenvalue weighted by atomic mass is 10.1.